The van der Waals surface area contributed by atoms with Gasteiger partial charge in [-0.05, 0) is 52.2 Å². The summed E-state index contributed by atoms with van der Waals surface area (Å²) in [6, 6.07) is 7.21. The van der Waals surface area contributed by atoms with Crippen LogP contribution in [0.25, 0.3) is 0 Å². The highest BCUT2D eigenvalue weighted by Crippen LogP contribution is 2.38. The van der Waals surface area contributed by atoms with Crippen LogP contribution in [-0.4, -0.2) is 31.0 Å². The van der Waals surface area contributed by atoms with Gasteiger partial charge in [0.15, 0.2) is 0 Å². The third-order valence-electron chi connectivity index (χ3n) is 4.47. The number of rotatable bonds is 2. The molecule has 0 atom stereocenters. The van der Waals surface area contributed by atoms with Crippen LogP contribution in [0.2, 0.25) is 0 Å². The Bertz CT molecular complexity index is 590. The van der Waals surface area contributed by atoms with Gasteiger partial charge in [-0.15, -0.1) is 0 Å². The lowest BCUT2D eigenvalue weighted by atomic mass is 9.69. The van der Waals surface area contributed by atoms with Gasteiger partial charge in [-0.2, -0.15) is 0 Å². The number of ether oxygens (including phenoxy) is 1. The first-order valence-corrected chi connectivity index (χ1v) is 8.29. The Hall–Kier alpha value is -1.53. The molecular formula is C18H28BNO4. The Kier molecular flexibility index (Phi) is 5.02. The van der Waals surface area contributed by atoms with Crippen molar-refractivity contribution in [2.75, 3.05) is 6.61 Å². The van der Waals surface area contributed by atoms with E-state index in [4.69, 9.17) is 14.0 Å². The zero-order chi connectivity index (χ0) is 18.2. The molecule has 1 aromatic carbocycles. The minimum Gasteiger partial charge on any atom is -0.410 e. The maximum Gasteiger partial charge on any atom is 0.494 e. The summed E-state index contributed by atoms with van der Waals surface area (Å²) in [5, 5.41) is 2.75. The molecule has 1 aliphatic heterocycles. The molecule has 0 spiro atoms. The predicted molar refractivity (Wildman–Crippen MR) is 95.6 cm³/mol. The van der Waals surface area contributed by atoms with Crippen LogP contribution < -0.4 is 15.5 Å². The SMILES string of the molecule is CC(C)(C)NC(=O)Oc1ccc(B2OCC(C)(C)C(C)(C)O2)cc1. The Labute approximate surface area is 145 Å². The fraction of sp³-hybridized carbons (Fsp3) is 0.611. The number of carbonyl (C=O) groups excluding carboxylic acids is 1. The molecule has 6 heteroatoms. The van der Waals surface area contributed by atoms with Crippen LogP contribution in [0.4, 0.5) is 4.79 Å². The molecule has 0 bridgehead atoms. The smallest absolute Gasteiger partial charge is 0.410 e. The first-order chi connectivity index (χ1) is 10.9. The van der Waals surface area contributed by atoms with Gasteiger partial charge in [-0.3, -0.25) is 0 Å². The van der Waals surface area contributed by atoms with Gasteiger partial charge in [0.2, 0.25) is 0 Å². The highest BCUT2D eigenvalue weighted by atomic mass is 16.6. The van der Waals surface area contributed by atoms with Gasteiger partial charge in [0.05, 0.1) is 5.60 Å². The highest BCUT2D eigenvalue weighted by molar-refractivity contribution is 6.61. The van der Waals surface area contributed by atoms with Gasteiger partial charge < -0.3 is 19.4 Å². The molecular weight excluding hydrogens is 305 g/mol. The monoisotopic (exact) mass is 333 g/mol. The molecule has 2 rings (SSSR count). The predicted octanol–water partition coefficient (Wildman–Crippen LogP) is 3.12. The summed E-state index contributed by atoms with van der Waals surface area (Å²) in [5.74, 6) is 0.482. The lowest BCUT2D eigenvalue weighted by Crippen LogP contribution is -2.58. The van der Waals surface area contributed by atoms with Crippen molar-refractivity contribution in [1.29, 1.82) is 0 Å². The van der Waals surface area contributed by atoms with Gasteiger partial charge in [0.25, 0.3) is 0 Å². The van der Waals surface area contributed by atoms with E-state index in [1.165, 1.54) is 0 Å². The van der Waals surface area contributed by atoms with Crippen LogP contribution in [0, 0.1) is 5.41 Å². The van der Waals surface area contributed by atoms with Crippen molar-refractivity contribution in [3.05, 3.63) is 24.3 Å². The summed E-state index contributed by atoms with van der Waals surface area (Å²) in [6.07, 6.45) is -0.469. The van der Waals surface area contributed by atoms with E-state index in [0.29, 0.717) is 12.4 Å². The van der Waals surface area contributed by atoms with Crippen molar-refractivity contribution in [3.63, 3.8) is 0 Å². The average molecular weight is 333 g/mol. The van der Waals surface area contributed by atoms with Crippen molar-refractivity contribution in [3.8, 4) is 5.75 Å². The molecule has 1 aromatic rings. The first kappa shape index (κ1) is 18.8. The van der Waals surface area contributed by atoms with E-state index in [-0.39, 0.29) is 16.6 Å². The largest absolute Gasteiger partial charge is 0.494 e. The van der Waals surface area contributed by atoms with Gasteiger partial charge >= 0.3 is 13.2 Å². The standard InChI is InChI=1S/C18H28BNO4/c1-16(2,3)20-15(21)23-14-10-8-13(9-11-14)19-22-12-17(4,5)18(6,7)24-19/h8-11H,12H2,1-7H3,(H,20,21). The molecule has 0 saturated carbocycles. The van der Waals surface area contributed by atoms with E-state index in [9.17, 15) is 4.79 Å². The summed E-state index contributed by atoms with van der Waals surface area (Å²) < 4.78 is 17.3. The Morgan fingerprint density at radius 3 is 2.25 bits per heavy atom. The van der Waals surface area contributed by atoms with Crippen molar-refractivity contribution in [2.24, 2.45) is 5.41 Å². The minimum absolute atomic E-state index is 0.0579. The minimum atomic E-state index is -0.469. The molecule has 1 saturated heterocycles. The maximum absolute atomic E-state index is 11.8. The second-order valence-corrected chi connectivity index (χ2v) is 8.49. The number of hydrogen-bond donors (Lipinski definition) is 1. The van der Waals surface area contributed by atoms with E-state index in [0.717, 1.165) is 5.46 Å². The van der Waals surface area contributed by atoms with E-state index < -0.39 is 13.2 Å². The third kappa shape index (κ3) is 4.51. The number of benzene rings is 1. The number of hydrogen-bond acceptors (Lipinski definition) is 4. The van der Waals surface area contributed by atoms with Crippen LogP contribution in [-0.2, 0) is 9.31 Å². The maximum atomic E-state index is 11.8. The van der Waals surface area contributed by atoms with E-state index in [1.807, 2.05) is 32.9 Å². The summed E-state index contributed by atoms with van der Waals surface area (Å²) in [5.41, 5.74) is 0.219. The molecule has 1 amide bonds. The van der Waals surface area contributed by atoms with Gasteiger partial charge in [-0.25, -0.2) is 4.79 Å². The molecule has 1 fully saturated rings. The number of carbonyl (C=O) groups is 1. The molecule has 0 radical (unpaired) electrons. The van der Waals surface area contributed by atoms with E-state index in [2.05, 4.69) is 33.0 Å². The molecule has 0 aromatic heterocycles. The summed E-state index contributed by atoms with van der Waals surface area (Å²) in [6.45, 7) is 14.8. The van der Waals surface area contributed by atoms with E-state index in [1.54, 1.807) is 12.1 Å². The number of nitrogens with one attached hydrogen (secondary N) is 1. The fourth-order valence-electron chi connectivity index (χ4n) is 2.21. The normalized spacial score (nSPS) is 19.7. The zero-order valence-corrected chi connectivity index (χ0v) is 15.7. The lowest BCUT2D eigenvalue weighted by molar-refractivity contribution is -0.0937. The van der Waals surface area contributed by atoms with Crippen LogP contribution in [0.15, 0.2) is 24.3 Å². The van der Waals surface area contributed by atoms with Gasteiger partial charge in [0, 0.05) is 17.6 Å². The van der Waals surface area contributed by atoms with Crippen molar-refractivity contribution in [2.45, 2.75) is 59.6 Å². The molecule has 24 heavy (non-hydrogen) atoms. The Morgan fingerprint density at radius 1 is 1.17 bits per heavy atom. The quantitative estimate of drug-likeness (QED) is 0.845. The Balaban J connectivity index is 2.01. The Morgan fingerprint density at radius 2 is 1.75 bits per heavy atom. The van der Waals surface area contributed by atoms with Crippen LogP contribution in [0.5, 0.6) is 5.75 Å². The summed E-state index contributed by atoms with van der Waals surface area (Å²) in [7, 11) is -0.412. The molecule has 1 N–H and O–H groups in total. The van der Waals surface area contributed by atoms with Crippen LogP contribution in [0.3, 0.4) is 0 Å². The van der Waals surface area contributed by atoms with Crippen LogP contribution in [0.1, 0.15) is 48.5 Å². The first-order valence-electron chi connectivity index (χ1n) is 8.29. The second kappa shape index (κ2) is 6.41. The molecule has 0 aliphatic carbocycles. The van der Waals surface area contributed by atoms with Crippen molar-refractivity contribution < 1.29 is 18.8 Å². The van der Waals surface area contributed by atoms with E-state index >= 15 is 0 Å². The second-order valence-electron chi connectivity index (χ2n) is 8.49. The molecule has 132 valence electrons. The van der Waals surface area contributed by atoms with Gasteiger partial charge in [-0.1, -0.05) is 26.0 Å². The summed E-state index contributed by atoms with van der Waals surface area (Å²) in [4.78, 5) is 11.8. The highest BCUT2D eigenvalue weighted by Gasteiger charge is 2.46. The lowest BCUT2D eigenvalue weighted by Gasteiger charge is -2.47. The molecule has 1 heterocycles. The van der Waals surface area contributed by atoms with Crippen molar-refractivity contribution in [1.82, 2.24) is 5.32 Å². The topological polar surface area (TPSA) is 56.8 Å². The zero-order valence-electron chi connectivity index (χ0n) is 15.7. The third-order valence-corrected chi connectivity index (χ3v) is 4.47. The molecule has 1 aliphatic rings. The molecule has 5 nitrogen and oxygen atoms in total. The molecule has 0 unspecified atom stereocenters. The van der Waals surface area contributed by atoms with Crippen molar-refractivity contribution >= 4 is 18.7 Å². The fourth-order valence-corrected chi connectivity index (χ4v) is 2.21. The number of amides is 1. The van der Waals surface area contributed by atoms with Gasteiger partial charge in [0.1, 0.15) is 5.75 Å². The van der Waals surface area contributed by atoms with Crippen LogP contribution >= 0.6 is 0 Å². The summed E-state index contributed by atoms with van der Waals surface area (Å²) >= 11 is 0. The average Bonchev–Trinajstić information content (AvgIpc) is 2.40.